The summed E-state index contributed by atoms with van der Waals surface area (Å²) in [5.41, 5.74) is 2.72. The number of hydrogen-bond acceptors (Lipinski definition) is 4. The van der Waals surface area contributed by atoms with Crippen molar-refractivity contribution in [3.05, 3.63) is 69.8 Å². The first-order valence-electron chi connectivity index (χ1n) is 6.81. The number of aromatic nitrogens is 1. The molecule has 0 aliphatic heterocycles. The number of nitrogens with one attached hydrogen (secondary N) is 1. The molecule has 110 valence electrons. The molecule has 0 spiro atoms. The van der Waals surface area contributed by atoms with Gasteiger partial charge in [0, 0.05) is 12.3 Å². The van der Waals surface area contributed by atoms with Gasteiger partial charge in [-0.15, -0.1) is 0 Å². The van der Waals surface area contributed by atoms with Crippen molar-refractivity contribution in [3.8, 4) is 0 Å². The fraction of sp³-hybridized carbons (Fsp3) is 0.118. The molecule has 3 rings (SSSR count). The molecule has 0 aliphatic rings. The number of benzene rings is 1. The molecule has 0 aliphatic carbocycles. The summed E-state index contributed by atoms with van der Waals surface area (Å²) in [5.74, 6) is -0.505. The van der Waals surface area contributed by atoms with Gasteiger partial charge in [0.25, 0.3) is 5.91 Å². The highest BCUT2D eigenvalue weighted by Crippen LogP contribution is 2.18. The lowest BCUT2D eigenvalue weighted by molar-refractivity contribution is 0.0997. The van der Waals surface area contributed by atoms with E-state index >= 15 is 0 Å². The maximum atomic E-state index is 12.2. The fourth-order valence-corrected chi connectivity index (χ4v) is 2.15. The maximum absolute atomic E-state index is 12.2. The summed E-state index contributed by atoms with van der Waals surface area (Å²) in [5, 5.41) is 3.12. The van der Waals surface area contributed by atoms with E-state index in [1.54, 1.807) is 30.5 Å². The lowest BCUT2D eigenvalue weighted by Gasteiger charge is -2.06. The Morgan fingerprint density at radius 1 is 1.18 bits per heavy atom. The van der Waals surface area contributed by atoms with E-state index in [9.17, 15) is 9.59 Å². The first kappa shape index (κ1) is 14.0. The number of hydrogen-bond donors (Lipinski definition) is 1. The van der Waals surface area contributed by atoms with Gasteiger partial charge in [-0.25, -0.2) is 0 Å². The first-order chi connectivity index (χ1) is 10.5. The SMILES string of the molecule is Cc1cc2oc(C(=O)Nc3cccnc3)cc(=O)c2cc1C. The highest BCUT2D eigenvalue weighted by atomic mass is 16.3. The lowest BCUT2D eigenvalue weighted by atomic mass is 10.1. The number of fused-ring (bicyclic) bond motifs is 1. The van der Waals surface area contributed by atoms with Gasteiger partial charge in [-0.2, -0.15) is 0 Å². The van der Waals surface area contributed by atoms with Crippen LogP contribution in [-0.2, 0) is 0 Å². The van der Waals surface area contributed by atoms with Crippen molar-refractivity contribution in [3.63, 3.8) is 0 Å². The molecule has 22 heavy (non-hydrogen) atoms. The predicted molar refractivity (Wildman–Crippen MR) is 84.1 cm³/mol. The van der Waals surface area contributed by atoms with E-state index in [1.165, 1.54) is 12.3 Å². The van der Waals surface area contributed by atoms with Crippen LogP contribution in [0.25, 0.3) is 11.0 Å². The Balaban J connectivity index is 2.03. The average molecular weight is 294 g/mol. The third kappa shape index (κ3) is 2.61. The topological polar surface area (TPSA) is 72.2 Å². The molecule has 0 atom stereocenters. The Morgan fingerprint density at radius 2 is 1.95 bits per heavy atom. The van der Waals surface area contributed by atoms with E-state index in [0.29, 0.717) is 16.7 Å². The van der Waals surface area contributed by atoms with Crippen LogP contribution in [0.15, 0.2) is 51.9 Å². The summed E-state index contributed by atoms with van der Waals surface area (Å²) < 4.78 is 5.58. The van der Waals surface area contributed by atoms with Crippen LogP contribution in [0.3, 0.4) is 0 Å². The molecule has 5 heteroatoms. The van der Waals surface area contributed by atoms with Crippen molar-refractivity contribution in [2.45, 2.75) is 13.8 Å². The molecule has 2 aromatic heterocycles. The smallest absolute Gasteiger partial charge is 0.291 e. The molecule has 0 bridgehead atoms. The minimum atomic E-state index is -0.481. The number of amides is 1. The number of carbonyl (C=O) groups excluding carboxylic acids is 1. The van der Waals surface area contributed by atoms with Crippen molar-refractivity contribution in [1.29, 1.82) is 0 Å². The average Bonchev–Trinajstić information content (AvgIpc) is 2.50. The number of rotatable bonds is 2. The van der Waals surface area contributed by atoms with Crippen LogP contribution in [-0.4, -0.2) is 10.9 Å². The maximum Gasteiger partial charge on any atom is 0.291 e. The van der Waals surface area contributed by atoms with E-state index in [2.05, 4.69) is 10.3 Å². The zero-order chi connectivity index (χ0) is 15.7. The molecule has 2 heterocycles. The van der Waals surface area contributed by atoms with Crippen LogP contribution in [0.4, 0.5) is 5.69 Å². The van der Waals surface area contributed by atoms with Gasteiger partial charge in [0.2, 0.25) is 0 Å². The van der Waals surface area contributed by atoms with Crippen LogP contribution in [0, 0.1) is 13.8 Å². The summed E-state index contributed by atoms with van der Waals surface area (Å²) in [7, 11) is 0. The zero-order valence-electron chi connectivity index (χ0n) is 12.2. The number of carbonyl (C=O) groups is 1. The number of aryl methyl sites for hydroxylation is 2. The van der Waals surface area contributed by atoms with Gasteiger partial charge in [0.1, 0.15) is 5.58 Å². The van der Waals surface area contributed by atoms with Gasteiger partial charge in [-0.3, -0.25) is 14.6 Å². The highest BCUT2D eigenvalue weighted by molar-refractivity contribution is 6.02. The Hall–Kier alpha value is -2.95. The number of nitrogens with zero attached hydrogens (tertiary/aromatic N) is 1. The first-order valence-corrected chi connectivity index (χ1v) is 6.81. The molecular weight excluding hydrogens is 280 g/mol. The van der Waals surface area contributed by atoms with Gasteiger partial charge >= 0.3 is 0 Å². The molecule has 1 N–H and O–H groups in total. The third-order valence-corrected chi connectivity index (χ3v) is 3.49. The molecule has 0 radical (unpaired) electrons. The van der Waals surface area contributed by atoms with Crippen LogP contribution in [0.2, 0.25) is 0 Å². The second-order valence-electron chi connectivity index (χ2n) is 5.10. The molecule has 3 aromatic rings. The van der Waals surface area contributed by atoms with Gasteiger partial charge in [-0.1, -0.05) is 0 Å². The second-order valence-corrected chi connectivity index (χ2v) is 5.10. The Bertz CT molecular complexity index is 914. The minimum absolute atomic E-state index is 0.0235. The van der Waals surface area contributed by atoms with E-state index in [0.717, 1.165) is 11.1 Å². The van der Waals surface area contributed by atoms with Crippen molar-refractivity contribution in [2.75, 3.05) is 5.32 Å². The minimum Gasteiger partial charge on any atom is -0.451 e. The van der Waals surface area contributed by atoms with Gasteiger partial charge in [0.05, 0.1) is 17.3 Å². The molecule has 5 nitrogen and oxygen atoms in total. The van der Waals surface area contributed by atoms with Gasteiger partial charge in [-0.05, 0) is 49.2 Å². The Morgan fingerprint density at radius 3 is 2.68 bits per heavy atom. The van der Waals surface area contributed by atoms with Gasteiger partial charge < -0.3 is 9.73 Å². The van der Waals surface area contributed by atoms with Gasteiger partial charge in [0.15, 0.2) is 11.2 Å². The Kier molecular flexibility index (Phi) is 3.47. The summed E-state index contributed by atoms with van der Waals surface area (Å²) >= 11 is 0. The molecule has 0 unspecified atom stereocenters. The molecular formula is C17H14N2O3. The van der Waals surface area contributed by atoms with Crippen molar-refractivity contribution < 1.29 is 9.21 Å². The van der Waals surface area contributed by atoms with Crippen LogP contribution >= 0.6 is 0 Å². The quantitative estimate of drug-likeness (QED) is 0.788. The monoisotopic (exact) mass is 294 g/mol. The van der Waals surface area contributed by atoms with E-state index in [4.69, 9.17) is 4.42 Å². The largest absolute Gasteiger partial charge is 0.451 e. The predicted octanol–water partition coefficient (Wildman–Crippen LogP) is 3.06. The number of anilines is 1. The summed E-state index contributed by atoms with van der Waals surface area (Å²) in [4.78, 5) is 28.3. The molecule has 1 amide bonds. The van der Waals surface area contributed by atoms with E-state index < -0.39 is 5.91 Å². The third-order valence-electron chi connectivity index (χ3n) is 3.49. The van der Waals surface area contributed by atoms with E-state index in [1.807, 2.05) is 13.8 Å². The van der Waals surface area contributed by atoms with Crippen LogP contribution < -0.4 is 10.7 Å². The molecule has 1 aromatic carbocycles. The van der Waals surface area contributed by atoms with Crippen molar-refractivity contribution in [2.24, 2.45) is 0 Å². The highest BCUT2D eigenvalue weighted by Gasteiger charge is 2.13. The molecule has 0 fully saturated rings. The Labute approximate surface area is 126 Å². The second kappa shape index (κ2) is 5.44. The summed E-state index contributed by atoms with van der Waals surface area (Å²) in [6.07, 6.45) is 3.13. The van der Waals surface area contributed by atoms with Crippen LogP contribution in [0.1, 0.15) is 21.7 Å². The fourth-order valence-electron chi connectivity index (χ4n) is 2.15. The zero-order valence-corrected chi connectivity index (χ0v) is 12.2. The lowest BCUT2D eigenvalue weighted by Crippen LogP contribution is -2.15. The number of pyridine rings is 1. The van der Waals surface area contributed by atoms with Crippen molar-refractivity contribution in [1.82, 2.24) is 4.98 Å². The molecule has 0 saturated heterocycles. The van der Waals surface area contributed by atoms with Crippen LogP contribution in [0.5, 0.6) is 0 Å². The van der Waals surface area contributed by atoms with Crippen molar-refractivity contribution >= 4 is 22.6 Å². The normalized spacial score (nSPS) is 10.6. The standard InChI is InChI=1S/C17H14N2O3/c1-10-6-13-14(20)8-16(22-15(13)7-11(10)2)17(21)19-12-4-3-5-18-9-12/h3-9H,1-2H3,(H,19,21). The summed E-state index contributed by atoms with van der Waals surface area (Å²) in [6.45, 7) is 3.86. The van der Waals surface area contributed by atoms with E-state index in [-0.39, 0.29) is 11.2 Å². The molecule has 0 saturated carbocycles. The summed E-state index contributed by atoms with van der Waals surface area (Å²) in [6, 6.07) is 8.17.